The fourth-order valence-electron chi connectivity index (χ4n) is 3.94. The van der Waals surface area contributed by atoms with Crippen LogP contribution in [0.2, 0.25) is 0 Å². The van der Waals surface area contributed by atoms with E-state index in [1.54, 1.807) is 0 Å². The average molecular weight is 513 g/mol. The van der Waals surface area contributed by atoms with Crippen LogP contribution < -0.4 is 0 Å². The highest BCUT2D eigenvalue weighted by Crippen LogP contribution is 2.28. The highest BCUT2D eigenvalue weighted by Gasteiger charge is 2.14. The molecule has 0 aliphatic heterocycles. The summed E-state index contributed by atoms with van der Waals surface area (Å²) < 4.78 is 0. The van der Waals surface area contributed by atoms with Gasteiger partial charge in [0, 0.05) is 33.4 Å². The third-order valence-electron chi connectivity index (χ3n) is 5.92. The second-order valence-corrected chi connectivity index (χ2v) is 8.29. The predicted octanol–water partition coefficient (Wildman–Crippen LogP) is 2.41. The highest BCUT2D eigenvalue weighted by molar-refractivity contribution is 5.70. The van der Waals surface area contributed by atoms with Crippen LogP contribution in [0.15, 0.2) is 72.8 Å². The Hall–Kier alpha value is -6.12. The molecule has 0 saturated heterocycles. The minimum absolute atomic E-state index is 0.518. The van der Waals surface area contributed by atoms with Crippen molar-refractivity contribution < 1.29 is 0 Å². The summed E-state index contributed by atoms with van der Waals surface area (Å²) in [6.07, 6.45) is 0. The van der Waals surface area contributed by atoms with Crippen molar-refractivity contribution in [1.29, 1.82) is 0 Å². The summed E-state index contributed by atoms with van der Waals surface area (Å²) in [5, 5.41) is 42.0. The molecule has 3 N–H and O–H groups in total. The van der Waals surface area contributed by atoms with E-state index in [-0.39, 0.29) is 0 Å². The molecule has 0 bridgehead atoms. The molecule has 7 aromatic rings. The first-order valence-corrected chi connectivity index (χ1v) is 11.6. The summed E-state index contributed by atoms with van der Waals surface area (Å²) >= 11 is 0. The Bertz CT molecular complexity index is 1580. The van der Waals surface area contributed by atoms with Crippen molar-refractivity contribution in [2.75, 3.05) is 0 Å². The molecule has 186 valence electrons. The third-order valence-corrected chi connectivity index (χ3v) is 5.92. The first kappa shape index (κ1) is 22.1. The summed E-state index contributed by atoms with van der Waals surface area (Å²) in [5.74, 6) is 3.27. The lowest BCUT2D eigenvalue weighted by Crippen LogP contribution is -2.00. The molecule has 15 nitrogen and oxygen atoms in total. The zero-order valence-corrected chi connectivity index (χ0v) is 19.8. The smallest absolute Gasteiger partial charge is 0.179 e. The van der Waals surface area contributed by atoms with Crippen molar-refractivity contribution in [3.05, 3.63) is 72.8 Å². The van der Waals surface area contributed by atoms with Crippen LogP contribution in [0.1, 0.15) is 0 Å². The average Bonchev–Trinajstić information content (AvgIpc) is 3.82. The highest BCUT2D eigenvalue weighted by atomic mass is 15.5. The number of nitrogens with one attached hydrogen (secondary N) is 3. The molecule has 0 unspecified atom stereocenters. The SMILES string of the molecule is c1cc(-c2nnn[nH]2)ccc1-c1nc(-c2ccc(-c3nnn[nH]3)cc2)nc(-c2ccc(-c3nnn[nH]3)cc2)n1. The Kier molecular flexibility index (Phi) is 5.33. The number of tetrazole rings is 3. The molecule has 0 aliphatic rings. The topological polar surface area (TPSA) is 202 Å². The van der Waals surface area contributed by atoms with Crippen molar-refractivity contribution in [2.45, 2.75) is 0 Å². The van der Waals surface area contributed by atoms with Gasteiger partial charge in [0.1, 0.15) is 0 Å². The van der Waals surface area contributed by atoms with Crippen LogP contribution in [0, 0.1) is 0 Å². The number of rotatable bonds is 6. The Morgan fingerprint density at radius 1 is 0.333 bits per heavy atom. The normalized spacial score (nSPS) is 11.1. The lowest BCUT2D eigenvalue weighted by atomic mass is 10.1. The van der Waals surface area contributed by atoms with E-state index >= 15 is 0 Å². The van der Waals surface area contributed by atoms with E-state index in [4.69, 9.17) is 15.0 Å². The lowest BCUT2D eigenvalue weighted by Gasteiger charge is -2.09. The standard InChI is InChI=1S/C24H15N15/c1-7-16(22-28-34-35-29-22)8-2-13(1)19-25-20(14-3-9-17(10-4-14)23-30-36-37-31-23)27-21(26-19)15-5-11-18(12-6-15)24-32-38-39-33-24/h1-12H,(H,28,29,34,35)(H,30,31,36,37)(H,32,33,38,39). The lowest BCUT2D eigenvalue weighted by molar-refractivity contribution is 0.881. The molecular formula is C24H15N15. The van der Waals surface area contributed by atoms with E-state index in [2.05, 4.69) is 61.9 Å². The predicted molar refractivity (Wildman–Crippen MR) is 136 cm³/mol. The van der Waals surface area contributed by atoms with Crippen molar-refractivity contribution in [3.8, 4) is 68.3 Å². The van der Waals surface area contributed by atoms with Gasteiger partial charge in [0.25, 0.3) is 0 Å². The van der Waals surface area contributed by atoms with Gasteiger partial charge >= 0.3 is 0 Å². The number of hydrogen-bond acceptors (Lipinski definition) is 12. The van der Waals surface area contributed by atoms with Crippen LogP contribution >= 0.6 is 0 Å². The second-order valence-electron chi connectivity index (χ2n) is 8.29. The van der Waals surface area contributed by atoms with Crippen molar-refractivity contribution in [2.24, 2.45) is 0 Å². The van der Waals surface area contributed by atoms with Gasteiger partial charge in [-0.3, -0.25) is 0 Å². The molecule has 3 aromatic carbocycles. The third kappa shape index (κ3) is 4.35. The zero-order valence-electron chi connectivity index (χ0n) is 19.8. The number of hydrogen-bond donors (Lipinski definition) is 3. The largest absolute Gasteiger partial charge is 0.239 e. The molecule has 0 fully saturated rings. The van der Waals surface area contributed by atoms with Gasteiger partial charge in [-0.1, -0.05) is 72.8 Å². The molecule has 7 rings (SSSR count). The van der Waals surface area contributed by atoms with Gasteiger partial charge in [-0.2, -0.15) is 0 Å². The van der Waals surface area contributed by atoms with Crippen molar-refractivity contribution >= 4 is 0 Å². The maximum atomic E-state index is 4.79. The van der Waals surface area contributed by atoms with Gasteiger partial charge in [-0.25, -0.2) is 30.2 Å². The molecular weight excluding hydrogens is 498 g/mol. The molecule has 39 heavy (non-hydrogen) atoms. The van der Waals surface area contributed by atoms with Crippen molar-refractivity contribution in [1.82, 2.24) is 76.8 Å². The van der Waals surface area contributed by atoms with Gasteiger partial charge in [0.15, 0.2) is 34.9 Å². The van der Waals surface area contributed by atoms with Crippen molar-refractivity contribution in [3.63, 3.8) is 0 Å². The van der Waals surface area contributed by atoms with E-state index in [1.807, 2.05) is 72.8 Å². The van der Waals surface area contributed by atoms with Gasteiger partial charge in [0.2, 0.25) is 0 Å². The van der Waals surface area contributed by atoms with Crippen LogP contribution in [0.3, 0.4) is 0 Å². The number of aromatic amines is 3. The molecule has 0 radical (unpaired) electrons. The zero-order chi connectivity index (χ0) is 26.0. The fourth-order valence-corrected chi connectivity index (χ4v) is 3.94. The summed E-state index contributed by atoms with van der Waals surface area (Å²) in [4.78, 5) is 14.4. The molecule has 4 heterocycles. The number of aromatic nitrogens is 15. The van der Waals surface area contributed by atoms with E-state index in [0.29, 0.717) is 34.9 Å². The molecule has 0 amide bonds. The van der Waals surface area contributed by atoms with Crippen LogP contribution in [0.25, 0.3) is 68.3 Å². The van der Waals surface area contributed by atoms with E-state index in [0.717, 1.165) is 33.4 Å². The van der Waals surface area contributed by atoms with Crippen LogP contribution in [0.5, 0.6) is 0 Å². The van der Waals surface area contributed by atoms with Gasteiger partial charge in [-0.05, 0) is 31.3 Å². The minimum Gasteiger partial charge on any atom is -0.239 e. The van der Waals surface area contributed by atoms with Crippen LogP contribution in [0.4, 0.5) is 0 Å². The van der Waals surface area contributed by atoms with Crippen LogP contribution in [-0.2, 0) is 0 Å². The molecule has 0 saturated carbocycles. The van der Waals surface area contributed by atoms with Gasteiger partial charge in [0.05, 0.1) is 0 Å². The monoisotopic (exact) mass is 513 g/mol. The number of benzene rings is 3. The van der Waals surface area contributed by atoms with Gasteiger partial charge < -0.3 is 0 Å². The summed E-state index contributed by atoms with van der Waals surface area (Å²) in [6.45, 7) is 0. The van der Waals surface area contributed by atoms with E-state index < -0.39 is 0 Å². The van der Waals surface area contributed by atoms with Crippen LogP contribution in [-0.4, -0.2) is 76.8 Å². The maximum Gasteiger partial charge on any atom is 0.179 e. The summed E-state index contributed by atoms with van der Waals surface area (Å²) in [7, 11) is 0. The Morgan fingerprint density at radius 3 is 0.821 bits per heavy atom. The quantitative estimate of drug-likeness (QED) is 0.293. The molecule has 0 atom stereocenters. The van der Waals surface area contributed by atoms with Gasteiger partial charge in [-0.15, -0.1) is 15.3 Å². The van der Waals surface area contributed by atoms with E-state index in [1.165, 1.54) is 0 Å². The summed E-state index contributed by atoms with van der Waals surface area (Å²) in [6, 6.07) is 22.9. The first-order valence-electron chi connectivity index (χ1n) is 11.6. The molecule has 0 aliphatic carbocycles. The fraction of sp³-hybridized carbons (Fsp3) is 0. The number of nitrogens with zero attached hydrogens (tertiary/aromatic N) is 12. The molecule has 15 heteroatoms. The molecule has 0 spiro atoms. The Morgan fingerprint density at radius 2 is 0.590 bits per heavy atom. The van der Waals surface area contributed by atoms with E-state index in [9.17, 15) is 0 Å². The first-order chi connectivity index (χ1) is 19.3. The Balaban J connectivity index is 1.30. The summed E-state index contributed by atoms with van der Waals surface area (Å²) in [5.41, 5.74) is 4.95. The number of H-pyrrole nitrogens is 3. The maximum absolute atomic E-state index is 4.79. The molecule has 4 aromatic heterocycles. The Labute approximate surface area is 218 Å². The minimum atomic E-state index is 0.518. The second kappa shape index (κ2) is 9.40.